The van der Waals surface area contributed by atoms with Crippen LogP contribution in [0.5, 0.6) is 0 Å². The van der Waals surface area contributed by atoms with Crippen molar-refractivity contribution >= 4 is 33.8 Å². The van der Waals surface area contributed by atoms with E-state index in [0.717, 1.165) is 16.4 Å². The maximum atomic E-state index is 11.7. The molecule has 0 saturated carbocycles. The lowest BCUT2D eigenvalue weighted by Crippen LogP contribution is -2.45. The van der Waals surface area contributed by atoms with Gasteiger partial charge >= 0.3 is 6.09 Å². The molecule has 0 aliphatic carbocycles. The fourth-order valence-corrected chi connectivity index (χ4v) is 3.58. The van der Waals surface area contributed by atoms with Crippen LogP contribution in [0.4, 0.5) is 10.6 Å². The Morgan fingerprint density at radius 1 is 1.32 bits per heavy atom. The van der Waals surface area contributed by atoms with Gasteiger partial charge < -0.3 is 20.3 Å². The number of aryl methyl sites for hydroxylation is 1. The largest absolute Gasteiger partial charge is 0.465 e. The number of rotatable bonds is 8. The van der Waals surface area contributed by atoms with Crippen molar-refractivity contribution in [2.45, 2.75) is 52.8 Å². The van der Waals surface area contributed by atoms with Crippen LogP contribution in [0.15, 0.2) is 36.5 Å². The predicted octanol–water partition coefficient (Wildman–Crippen LogP) is 3.89. The molecule has 0 radical (unpaired) electrons. The number of nitrogen functional groups attached to an aromatic ring is 1. The molecule has 2 heterocycles. The number of anilines is 1. The maximum Gasteiger partial charge on any atom is 0.407 e. The Kier molecular flexibility index (Phi) is 6.35. The molecule has 0 saturated heterocycles. The Labute approximate surface area is 181 Å². The van der Waals surface area contributed by atoms with Crippen molar-refractivity contribution in [3.05, 3.63) is 42.4 Å². The molecule has 0 unspecified atom stereocenters. The molecular weight excluding hydrogens is 396 g/mol. The van der Waals surface area contributed by atoms with Gasteiger partial charge in [-0.2, -0.15) is 0 Å². The Morgan fingerprint density at radius 2 is 2.03 bits per heavy atom. The summed E-state index contributed by atoms with van der Waals surface area (Å²) in [6.45, 7) is 12.3. The van der Waals surface area contributed by atoms with E-state index in [-0.39, 0.29) is 6.61 Å². The van der Waals surface area contributed by atoms with E-state index in [9.17, 15) is 9.90 Å². The molecule has 0 bridgehead atoms. The summed E-state index contributed by atoms with van der Waals surface area (Å²) in [7, 11) is 0. The second kappa shape index (κ2) is 8.81. The van der Waals surface area contributed by atoms with Crippen molar-refractivity contribution in [3.63, 3.8) is 0 Å². The van der Waals surface area contributed by atoms with E-state index in [1.807, 2.05) is 49.6 Å². The number of hydroxylamine groups is 1. The number of carboxylic acid groups (broad SMARTS) is 1. The molecule has 4 N–H and O–H groups in total. The Hall–Kier alpha value is -3.33. The molecule has 3 aromatic rings. The summed E-state index contributed by atoms with van der Waals surface area (Å²) in [5.74, 6) is 1.02. The maximum absolute atomic E-state index is 11.7. The fraction of sp³-hybridized carbons (Fsp3) is 0.409. The van der Waals surface area contributed by atoms with Crippen LogP contribution in [-0.4, -0.2) is 42.7 Å². The molecule has 9 nitrogen and oxygen atoms in total. The van der Waals surface area contributed by atoms with Gasteiger partial charge in [0, 0.05) is 29.7 Å². The molecule has 0 spiro atoms. The van der Waals surface area contributed by atoms with Crippen LogP contribution in [0.2, 0.25) is 0 Å². The van der Waals surface area contributed by atoms with Gasteiger partial charge in [-0.1, -0.05) is 24.8 Å². The minimum Gasteiger partial charge on any atom is -0.465 e. The normalized spacial score (nSPS) is 11.7. The zero-order valence-corrected chi connectivity index (χ0v) is 18.5. The number of nitrogens with one attached hydrogen (secondary N) is 1. The summed E-state index contributed by atoms with van der Waals surface area (Å²) in [6.07, 6.45) is -0.330. The molecule has 9 heteroatoms. The van der Waals surface area contributed by atoms with Gasteiger partial charge in [0.05, 0.1) is 11.0 Å². The van der Waals surface area contributed by atoms with Crippen molar-refractivity contribution in [3.8, 4) is 0 Å². The van der Waals surface area contributed by atoms with Crippen molar-refractivity contribution in [2.75, 3.05) is 12.3 Å². The topological polar surface area (TPSA) is 119 Å². The Morgan fingerprint density at radius 3 is 2.68 bits per heavy atom. The highest BCUT2D eigenvalue weighted by Gasteiger charge is 2.26. The zero-order chi connectivity index (χ0) is 22.8. The smallest absolute Gasteiger partial charge is 0.407 e. The molecule has 2 aromatic heterocycles. The van der Waals surface area contributed by atoms with Crippen LogP contribution >= 0.6 is 0 Å². The summed E-state index contributed by atoms with van der Waals surface area (Å²) < 4.78 is 2.04. The Balaban J connectivity index is 1.99. The van der Waals surface area contributed by atoms with Gasteiger partial charge in [0.25, 0.3) is 0 Å². The highest BCUT2D eigenvalue weighted by Crippen LogP contribution is 2.29. The number of pyridine rings is 1. The summed E-state index contributed by atoms with van der Waals surface area (Å²) in [5.41, 5.74) is 11.4. The molecular formula is C22H30N6O3. The molecule has 0 fully saturated rings. The molecule has 1 amide bonds. The van der Waals surface area contributed by atoms with Crippen LogP contribution < -0.4 is 11.2 Å². The number of allylic oxidation sites excluding steroid dienone is 1. The van der Waals surface area contributed by atoms with Crippen LogP contribution in [0.25, 0.3) is 21.9 Å². The number of fused-ring (bicyclic) bond motifs is 3. The van der Waals surface area contributed by atoms with E-state index < -0.39 is 11.6 Å². The van der Waals surface area contributed by atoms with Gasteiger partial charge in [-0.3, -0.25) is 10.3 Å². The highest BCUT2D eigenvalue weighted by molar-refractivity contribution is 6.06. The average molecular weight is 427 g/mol. The third kappa shape index (κ3) is 4.88. The first kappa shape index (κ1) is 22.4. The summed E-state index contributed by atoms with van der Waals surface area (Å²) >= 11 is 0. The van der Waals surface area contributed by atoms with E-state index in [1.165, 1.54) is 4.90 Å². The molecule has 0 atom stereocenters. The van der Waals surface area contributed by atoms with Crippen LogP contribution in [-0.2, 0) is 18.0 Å². The number of benzene rings is 1. The minimum atomic E-state index is -0.934. The van der Waals surface area contributed by atoms with Gasteiger partial charge in [0.1, 0.15) is 17.9 Å². The highest BCUT2D eigenvalue weighted by atomic mass is 16.6. The first-order chi connectivity index (χ1) is 14.6. The van der Waals surface area contributed by atoms with Crippen LogP contribution in [0.3, 0.4) is 0 Å². The monoisotopic (exact) mass is 426 g/mol. The van der Waals surface area contributed by atoms with Gasteiger partial charge in [-0.05, 0) is 40.2 Å². The number of amides is 1. The van der Waals surface area contributed by atoms with Gasteiger partial charge in [-0.15, -0.1) is 0 Å². The number of nitrogens with zero attached hydrogens (tertiary/aromatic N) is 4. The lowest BCUT2D eigenvalue weighted by molar-refractivity contribution is 0.0436. The van der Waals surface area contributed by atoms with Gasteiger partial charge in [-0.25, -0.2) is 14.8 Å². The number of aromatic nitrogens is 3. The van der Waals surface area contributed by atoms with Crippen molar-refractivity contribution < 1.29 is 14.7 Å². The van der Waals surface area contributed by atoms with Crippen LogP contribution in [0, 0.1) is 0 Å². The SMILES string of the molecule is C=C(C)NOCc1nc2c(N)nc3ccccc3c2n1CCCN(C(=O)O)C(C)(C)C. The molecule has 166 valence electrons. The molecule has 1 aromatic carbocycles. The third-order valence-corrected chi connectivity index (χ3v) is 4.94. The minimum absolute atomic E-state index is 0.192. The fourth-order valence-electron chi connectivity index (χ4n) is 3.58. The molecule has 31 heavy (non-hydrogen) atoms. The lowest BCUT2D eigenvalue weighted by Gasteiger charge is -2.33. The van der Waals surface area contributed by atoms with Gasteiger partial charge in [0.2, 0.25) is 0 Å². The van der Waals surface area contributed by atoms with Gasteiger partial charge in [0.15, 0.2) is 5.82 Å². The van der Waals surface area contributed by atoms with Crippen molar-refractivity contribution in [1.82, 2.24) is 24.9 Å². The number of para-hydroxylation sites is 1. The van der Waals surface area contributed by atoms with E-state index in [1.54, 1.807) is 6.92 Å². The number of hydrogen-bond donors (Lipinski definition) is 3. The second-order valence-corrected chi connectivity index (χ2v) is 8.52. The quantitative estimate of drug-likeness (QED) is 0.468. The van der Waals surface area contributed by atoms with E-state index in [2.05, 4.69) is 17.0 Å². The number of nitrogens with two attached hydrogens (primary N) is 1. The zero-order valence-electron chi connectivity index (χ0n) is 18.5. The molecule has 3 rings (SSSR count). The summed E-state index contributed by atoms with van der Waals surface area (Å²) in [4.78, 5) is 27.8. The summed E-state index contributed by atoms with van der Waals surface area (Å²) in [6, 6.07) is 7.75. The van der Waals surface area contributed by atoms with Crippen LogP contribution in [0.1, 0.15) is 39.9 Å². The van der Waals surface area contributed by atoms with E-state index in [0.29, 0.717) is 42.4 Å². The predicted molar refractivity (Wildman–Crippen MR) is 121 cm³/mol. The summed E-state index contributed by atoms with van der Waals surface area (Å²) in [5, 5.41) is 10.5. The molecule has 0 aliphatic heterocycles. The number of imidazole rings is 1. The van der Waals surface area contributed by atoms with E-state index in [4.69, 9.17) is 15.6 Å². The second-order valence-electron chi connectivity index (χ2n) is 8.52. The third-order valence-electron chi connectivity index (χ3n) is 4.94. The van der Waals surface area contributed by atoms with Crippen molar-refractivity contribution in [2.24, 2.45) is 0 Å². The van der Waals surface area contributed by atoms with Crippen molar-refractivity contribution in [1.29, 1.82) is 0 Å². The average Bonchev–Trinajstić information content (AvgIpc) is 3.03. The number of hydrogen-bond acceptors (Lipinski definition) is 6. The van der Waals surface area contributed by atoms with E-state index >= 15 is 0 Å². The first-order valence-corrected chi connectivity index (χ1v) is 10.2. The lowest BCUT2D eigenvalue weighted by atomic mass is 10.1. The Bertz CT molecular complexity index is 1120. The molecule has 0 aliphatic rings. The number of carbonyl (C=O) groups is 1. The first-order valence-electron chi connectivity index (χ1n) is 10.2. The standard InChI is InChI=1S/C22H30N6O3/c1-14(2)26-31-13-17-25-18-19(15-9-6-7-10-16(15)24-20(18)23)27(17)11-8-12-28(21(29)30)22(3,4)5/h6-7,9-10,26H,1,8,11-13H2,2-5H3,(H2,23,24)(H,29,30).